The molecule has 0 radical (unpaired) electrons. The van der Waals surface area contributed by atoms with Crippen LogP contribution in [-0.2, 0) is 4.79 Å². The Morgan fingerprint density at radius 1 is 1.10 bits per heavy atom. The van der Waals surface area contributed by atoms with Crippen molar-refractivity contribution in [3.8, 4) is 0 Å². The van der Waals surface area contributed by atoms with Gasteiger partial charge in [-0.25, -0.2) is 18.0 Å². The number of benzene rings is 1. The lowest BCUT2D eigenvalue weighted by molar-refractivity contribution is -0.118. The molecule has 0 spiro atoms. The summed E-state index contributed by atoms with van der Waals surface area (Å²) in [5.41, 5.74) is -0.626. The monoisotopic (exact) mass is 303 g/mol. The van der Waals surface area contributed by atoms with Gasteiger partial charge in [-0.15, -0.1) is 0 Å². The van der Waals surface area contributed by atoms with Crippen molar-refractivity contribution in [2.45, 2.75) is 26.3 Å². The minimum absolute atomic E-state index is 0.113. The van der Waals surface area contributed by atoms with E-state index in [1.54, 1.807) is 20.8 Å². The number of rotatable bonds is 3. The van der Waals surface area contributed by atoms with E-state index < -0.39 is 41.5 Å². The Labute approximate surface area is 119 Å². The highest BCUT2D eigenvalue weighted by Gasteiger charge is 2.16. The highest BCUT2D eigenvalue weighted by atomic mass is 19.2. The molecule has 0 heterocycles. The average molecular weight is 303 g/mol. The van der Waals surface area contributed by atoms with Crippen LogP contribution < -0.4 is 16.0 Å². The molecule has 0 saturated carbocycles. The Morgan fingerprint density at radius 2 is 1.62 bits per heavy atom. The van der Waals surface area contributed by atoms with Crippen LogP contribution >= 0.6 is 0 Å². The van der Waals surface area contributed by atoms with Gasteiger partial charge in [-0.05, 0) is 20.8 Å². The van der Waals surface area contributed by atoms with E-state index in [4.69, 9.17) is 0 Å². The van der Waals surface area contributed by atoms with Crippen LogP contribution in [0.5, 0.6) is 0 Å². The Hall–Kier alpha value is -2.25. The first-order valence-corrected chi connectivity index (χ1v) is 6.09. The van der Waals surface area contributed by atoms with E-state index in [-0.39, 0.29) is 5.69 Å². The molecule has 1 rings (SSSR count). The summed E-state index contributed by atoms with van der Waals surface area (Å²) in [5, 5.41) is 6.92. The van der Waals surface area contributed by atoms with E-state index in [0.29, 0.717) is 12.1 Å². The molecular weight excluding hydrogens is 287 g/mol. The zero-order valence-corrected chi connectivity index (χ0v) is 11.8. The summed E-state index contributed by atoms with van der Waals surface area (Å²) < 4.78 is 38.6. The van der Waals surface area contributed by atoms with Gasteiger partial charge in [0.15, 0.2) is 17.5 Å². The SMILES string of the molecule is CC(C)(C)NC(=O)NC(=O)CNc1cc(F)c(F)c(F)c1. The molecule has 21 heavy (non-hydrogen) atoms. The molecular formula is C13H16F3N3O2. The van der Waals surface area contributed by atoms with Crippen molar-refractivity contribution in [3.05, 3.63) is 29.6 Å². The summed E-state index contributed by atoms with van der Waals surface area (Å²) in [6.07, 6.45) is 0. The first-order valence-electron chi connectivity index (χ1n) is 6.09. The minimum Gasteiger partial charge on any atom is -0.376 e. The Morgan fingerprint density at radius 3 is 2.10 bits per heavy atom. The number of nitrogens with one attached hydrogen (secondary N) is 3. The highest BCUT2D eigenvalue weighted by molar-refractivity contribution is 5.96. The fraction of sp³-hybridized carbons (Fsp3) is 0.385. The maximum Gasteiger partial charge on any atom is 0.321 e. The van der Waals surface area contributed by atoms with Crippen LogP contribution in [0.3, 0.4) is 0 Å². The van der Waals surface area contributed by atoms with Crippen molar-refractivity contribution in [1.82, 2.24) is 10.6 Å². The third kappa shape index (κ3) is 5.72. The van der Waals surface area contributed by atoms with E-state index >= 15 is 0 Å². The molecule has 0 saturated heterocycles. The van der Waals surface area contributed by atoms with Gasteiger partial charge in [-0.3, -0.25) is 10.1 Å². The molecule has 1 aromatic rings. The smallest absolute Gasteiger partial charge is 0.321 e. The first-order chi connectivity index (χ1) is 9.58. The summed E-state index contributed by atoms with van der Waals surface area (Å²) in [6.45, 7) is 4.81. The van der Waals surface area contributed by atoms with Crippen molar-refractivity contribution < 1.29 is 22.8 Å². The molecule has 1 aromatic carbocycles. The topological polar surface area (TPSA) is 70.2 Å². The number of amides is 3. The van der Waals surface area contributed by atoms with Crippen LogP contribution in [0, 0.1) is 17.5 Å². The van der Waals surface area contributed by atoms with E-state index in [9.17, 15) is 22.8 Å². The lowest BCUT2D eigenvalue weighted by atomic mass is 10.1. The van der Waals surface area contributed by atoms with E-state index in [1.165, 1.54) is 0 Å². The quantitative estimate of drug-likeness (QED) is 0.749. The normalized spacial score (nSPS) is 11.0. The predicted molar refractivity (Wildman–Crippen MR) is 71.2 cm³/mol. The fourth-order valence-corrected chi connectivity index (χ4v) is 1.38. The zero-order valence-electron chi connectivity index (χ0n) is 11.8. The summed E-state index contributed by atoms with van der Waals surface area (Å²) >= 11 is 0. The van der Waals surface area contributed by atoms with Gasteiger partial charge in [0.2, 0.25) is 5.91 Å². The Balaban J connectivity index is 2.52. The van der Waals surface area contributed by atoms with Crippen molar-refractivity contribution in [1.29, 1.82) is 0 Å². The summed E-state index contributed by atoms with van der Waals surface area (Å²) in [6, 6.07) is 0.729. The van der Waals surface area contributed by atoms with Crippen LogP contribution in [0.15, 0.2) is 12.1 Å². The van der Waals surface area contributed by atoms with Gasteiger partial charge in [-0.2, -0.15) is 0 Å². The van der Waals surface area contributed by atoms with Crippen molar-refractivity contribution in [2.75, 3.05) is 11.9 Å². The summed E-state index contributed by atoms with van der Waals surface area (Å²) in [5.74, 6) is -5.04. The molecule has 0 aliphatic carbocycles. The standard InChI is InChI=1S/C13H16F3N3O2/c1-13(2,3)19-12(21)18-10(20)6-17-7-4-8(14)11(16)9(15)5-7/h4-5,17H,6H2,1-3H3,(H2,18,19,20,21). The number of halogens is 3. The second-order valence-corrected chi connectivity index (χ2v) is 5.36. The van der Waals surface area contributed by atoms with Gasteiger partial charge in [0.1, 0.15) is 0 Å². The number of carbonyl (C=O) groups excluding carboxylic acids is 2. The molecule has 0 atom stereocenters. The molecule has 0 aliphatic heterocycles. The predicted octanol–water partition coefficient (Wildman–Crippen LogP) is 2.14. The Bertz CT molecular complexity index is 533. The van der Waals surface area contributed by atoms with Crippen molar-refractivity contribution in [2.24, 2.45) is 0 Å². The van der Waals surface area contributed by atoms with Gasteiger partial charge in [0.05, 0.1) is 6.54 Å². The van der Waals surface area contributed by atoms with Gasteiger partial charge < -0.3 is 10.6 Å². The van der Waals surface area contributed by atoms with Crippen LogP contribution in [0.2, 0.25) is 0 Å². The molecule has 0 bridgehead atoms. The maximum atomic E-state index is 12.9. The lowest BCUT2D eigenvalue weighted by Crippen LogP contribution is -2.49. The number of hydrogen-bond donors (Lipinski definition) is 3. The van der Waals surface area contributed by atoms with E-state index in [2.05, 4.69) is 10.6 Å². The first kappa shape index (κ1) is 16.8. The largest absolute Gasteiger partial charge is 0.376 e. The number of imide groups is 1. The second kappa shape index (κ2) is 6.47. The van der Waals surface area contributed by atoms with Gasteiger partial charge in [-0.1, -0.05) is 0 Å². The molecule has 3 amide bonds. The molecule has 0 aliphatic rings. The van der Waals surface area contributed by atoms with Crippen LogP contribution in [0.25, 0.3) is 0 Å². The number of carbonyl (C=O) groups is 2. The van der Waals surface area contributed by atoms with Gasteiger partial charge in [0, 0.05) is 23.4 Å². The van der Waals surface area contributed by atoms with Crippen molar-refractivity contribution in [3.63, 3.8) is 0 Å². The molecule has 0 fully saturated rings. The molecule has 0 unspecified atom stereocenters. The molecule has 5 nitrogen and oxygen atoms in total. The van der Waals surface area contributed by atoms with Crippen LogP contribution in [0.4, 0.5) is 23.7 Å². The Kier molecular flexibility index (Phi) is 5.17. The summed E-state index contributed by atoms with van der Waals surface area (Å²) in [4.78, 5) is 22.8. The number of hydrogen-bond acceptors (Lipinski definition) is 3. The van der Waals surface area contributed by atoms with E-state index in [0.717, 1.165) is 0 Å². The highest BCUT2D eigenvalue weighted by Crippen LogP contribution is 2.16. The minimum atomic E-state index is -1.59. The third-order valence-corrected chi connectivity index (χ3v) is 2.18. The van der Waals surface area contributed by atoms with Gasteiger partial charge >= 0.3 is 6.03 Å². The van der Waals surface area contributed by atoms with Crippen LogP contribution in [0.1, 0.15) is 20.8 Å². The maximum absolute atomic E-state index is 12.9. The second-order valence-electron chi connectivity index (χ2n) is 5.36. The third-order valence-electron chi connectivity index (χ3n) is 2.18. The number of anilines is 1. The molecule has 0 aromatic heterocycles. The number of urea groups is 1. The zero-order chi connectivity index (χ0) is 16.2. The molecule has 3 N–H and O–H groups in total. The van der Waals surface area contributed by atoms with Crippen molar-refractivity contribution >= 4 is 17.6 Å². The summed E-state index contributed by atoms with van der Waals surface area (Å²) in [7, 11) is 0. The van der Waals surface area contributed by atoms with Gasteiger partial charge in [0.25, 0.3) is 0 Å². The lowest BCUT2D eigenvalue weighted by Gasteiger charge is -2.20. The molecule has 116 valence electrons. The average Bonchev–Trinajstić information content (AvgIpc) is 2.30. The molecule has 8 heteroatoms. The van der Waals surface area contributed by atoms with Crippen LogP contribution in [-0.4, -0.2) is 24.0 Å². The fourth-order valence-electron chi connectivity index (χ4n) is 1.38. The van der Waals surface area contributed by atoms with E-state index in [1.807, 2.05) is 5.32 Å².